The third-order valence-corrected chi connectivity index (χ3v) is 3.32. The fourth-order valence-corrected chi connectivity index (χ4v) is 2.31. The maximum Gasteiger partial charge on any atom is 0.339 e. The zero-order valence-electron chi connectivity index (χ0n) is 10.1. The van der Waals surface area contributed by atoms with Gasteiger partial charge in [0.05, 0.1) is 6.61 Å². The Bertz CT molecular complexity index is 406. The highest BCUT2D eigenvalue weighted by Gasteiger charge is 2.17. The van der Waals surface area contributed by atoms with Gasteiger partial charge in [-0.3, -0.25) is 0 Å². The van der Waals surface area contributed by atoms with Gasteiger partial charge in [0.2, 0.25) is 0 Å². The first-order valence-electron chi connectivity index (χ1n) is 6.13. The lowest BCUT2D eigenvalue weighted by atomic mass is 10.1. The van der Waals surface area contributed by atoms with Crippen LogP contribution in [0.1, 0.15) is 41.6 Å². The number of benzene rings is 1. The van der Waals surface area contributed by atoms with Crippen LogP contribution in [-0.2, 0) is 0 Å². The Morgan fingerprint density at radius 2 is 2.12 bits per heavy atom. The van der Waals surface area contributed by atoms with E-state index >= 15 is 0 Å². The van der Waals surface area contributed by atoms with Gasteiger partial charge in [-0.05, 0) is 43.4 Å². The molecule has 3 heteroatoms. The lowest BCUT2D eigenvalue weighted by molar-refractivity contribution is 0.0691. The summed E-state index contributed by atoms with van der Waals surface area (Å²) in [6, 6.07) is 5.21. The van der Waals surface area contributed by atoms with E-state index in [0.717, 1.165) is 5.56 Å². The number of aromatic carboxylic acids is 1. The summed E-state index contributed by atoms with van der Waals surface area (Å²) in [5.74, 6) is 0.174. The van der Waals surface area contributed by atoms with Crippen molar-refractivity contribution in [1.29, 1.82) is 0 Å². The lowest BCUT2D eigenvalue weighted by Crippen LogP contribution is -2.10. The summed E-state index contributed by atoms with van der Waals surface area (Å²) in [6.45, 7) is 2.58. The number of hydrogen-bond donors (Lipinski definition) is 1. The summed E-state index contributed by atoms with van der Waals surface area (Å²) in [7, 11) is 0. The number of aryl methyl sites for hydroxylation is 1. The molecule has 0 unspecified atom stereocenters. The van der Waals surface area contributed by atoms with Gasteiger partial charge in [-0.15, -0.1) is 0 Å². The summed E-state index contributed by atoms with van der Waals surface area (Å²) in [5, 5.41) is 9.07. The van der Waals surface area contributed by atoms with Crippen molar-refractivity contribution in [2.24, 2.45) is 5.92 Å². The molecule has 0 radical (unpaired) electrons. The van der Waals surface area contributed by atoms with Crippen molar-refractivity contribution >= 4 is 5.97 Å². The minimum atomic E-state index is -0.925. The van der Waals surface area contributed by atoms with E-state index in [1.54, 1.807) is 18.2 Å². The first-order valence-corrected chi connectivity index (χ1v) is 6.13. The summed E-state index contributed by atoms with van der Waals surface area (Å²) in [6.07, 6.45) is 4.95. The molecule has 0 bridgehead atoms. The van der Waals surface area contributed by atoms with Crippen LogP contribution >= 0.6 is 0 Å². The van der Waals surface area contributed by atoms with E-state index in [-0.39, 0.29) is 5.56 Å². The van der Waals surface area contributed by atoms with Gasteiger partial charge in [-0.25, -0.2) is 4.79 Å². The average molecular weight is 234 g/mol. The van der Waals surface area contributed by atoms with Crippen molar-refractivity contribution in [1.82, 2.24) is 0 Å². The summed E-state index contributed by atoms with van der Waals surface area (Å²) in [5.41, 5.74) is 1.28. The maximum absolute atomic E-state index is 11.0. The Morgan fingerprint density at radius 3 is 2.76 bits per heavy atom. The minimum absolute atomic E-state index is 0.258. The molecule has 1 saturated carbocycles. The van der Waals surface area contributed by atoms with Crippen LogP contribution in [0.5, 0.6) is 5.75 Å². The second-order valence-corrected chi connectivity index (χ2v) is 4.77. The minimum Gasteiger partial charge on any atom is -0.492 e. The normalized spacial score (nSPS) is 16.1. The van der Waals surface area contributed by atoms with Gasteiger partial charge >= 0.3 is 5.97 Å². The zero-order valence-corrected chi connectivity index (χ0v) is 10.1. The molecule has 1 fully saturated rings. The van der Waals surface area contributed by atoms with Crippen LogP contribution in [0, 0.1) is 12.8 Å². The van der Waals surface area contributed by atoms with Crippen molar-refractivity contribution in [2.45, 2.75) is 32.6 Å². The first kappa shape index (κ1) is 12.0. The van der Waals surface area contributed by atoms with Crippen LogP contribution < -0.4 is 4.74 Å². The van der Waals surface area contributed by atoms with Crippen LogP contribution in [-0.4, -0.2) is 17.7 Å². The molecule has 0 saturated heterocycles. The average Bonchev–Trinajstić information content (AvgIpc) is 2.78. The fourth-order valence-electron chi connectivity index (χ4n) is 2.31. The van der Waals surface area contributed by atoms with E-state index in [1.165, 1.54) is 25.7 Å². The number of ether oxygens (including phenoxy) is 1. The molecular formula is C14H18O3. The second-order valence-electron chi connectivity index (χ2n) is 4.77. The van der Waals surface area contributed by atoms with Crippen molar-refractivity contribution in [3.05, 3.63) is 29.3 Å². The van der Waals surface area contributed by atoms with Gasteiger partial charge in [0.1, 0.15) is 11.3 Å². The lowest BCUT2D eigenvalue weighted by Gasteiger charge is -2.13. The Kier molecular flexibility index (Phi) is 3.67. The first-order chi connectivity index (χ1) is 8.16. The summed E-state index contributed by atoms with van der Waals surface area (Å²) >= 11 is 0. The Hall–Kier alpha value is -1.51. The predicted octanol–water partition coefficient (Wildman–Crippen LogP) is 3.26. The van der Waals surface area contributed by atoms with Crippen LogP contribution in [0.25, 0.3) is 0 Å². The number of hydrogen-bond acceptors (Lipinski definition) is 2. The van der Waals surface area contributed by atoms with E-state index in [4.69, 9.17) is 9.84 Å². The largest absolute Gasteiger partial charge is 0.492 e. The SMILES string of the molecule is Cc1ccc(C(=O)O)c(OCC2CCCC2)c1. The second kappa shape index (κ2) is 5.21. The molecule has 17 heavy (non-hydrogen) atoms. The fraction of sp³-hybridized carbons (Fsp3) is 0.500. The molecule has 0 atom stereocenters. The number of rotatable bonds is 4. The molecule has 0 amide bonds. The van der Waals surface area contributed by atoms with Crippen molar-refractivity contribution in [2.75, 3.05) is 6.61 Å². The Labute approximate surface area is 101 Å². The highest BCUT2D eigenvalue weighted by Crippen LogP contribution is 2.27. The molecule has 0 heterocycles. The molecule has 0 aromatic heterocycles. The van der Waals surface area contributed by atoms with Crippen molar-refractivity contribution < 1.29 is 14.6 Å². The molecule has 0 aliphatic heterocycles. The van der Waals surface area contributed by atoms with E-state index < -0.39 is 5.97 Å². The Balaban J connectivity index is 2.07. The van der Waals surface area contributed by atoms with E-state index in [0.29, 0.717) is 18.3 Å². The molecule has 1 N–H and O–H groups in total. The monoisotopic (exact) mass is 234 g/mol. The topological polar surface area (TPSA) is 46.5 Å². The Morgan fingerprint density at radius 1 is 1.41 bits per heavy atom. The third-order valence-electron chi connectivity index (χ3n) is 3.32. The molecule has 0 spiro atoms. The number of carbonyl (C=O) groups is 1. The van der Waals surface area contributed by atoms with Crippen LogP contribution in [0.4, 0.5) is 0 Å². The molecular weight excluding hydrogens is 216 g/mol. The molecule has 2 rings (SSSR count). The van der Waals surface area contributed by atoms with Crippen LogP contribution in [0.2, 0.25) is 0 Å². The quantitative estimate of drug-likeness (QED) is 0.869. The van der Waals surface area contributed by atoms with Gasteiger partial charge in [-0.2, -0.15) is 0 Å². The zero-order chi connectivity index (χ0) is 12.3. The van der Waals surface area contributed by atoms with E-state index in [9.17, 15) is 4.79 Å². The van der Waals surface area contributed by atoms with Crippen molar-refractivity contribution in [3.63, 3.8) is 0 Å². The third kappa shape index (κ3) is 2.99. The van der Waals surface area contributed by atoms with Gasteiger partial charge < -0.3 is 9.84 Å². The van der Waals surface area contributed by atoms with Gasteiger partial charge in [0.25, 0.3) is 0 Å². The number of carboxylic acid groups (broad SMARTS) is 1. The maximum atomic E-state index is 11.0. The molecule has 1 aromatic rings. The molecule has 1 aromatic carbocycles. The molecule has 92 valence electrons. The van der Waals surface area contributed by atoms with Crippen molar-refractivity contribution in [3.8, 4) is 5.75 Å². The molecule has 3 nitrogen and oxygen atoms in total. The molecule has 1 aliphatic carbocycles. The number of carboxylic acids is 1. The molecule has 1 aliphatic rings. The summed E-state index contributed by atoms with van der Waals surface area (Å²) in [4.78, 5) is 11.0. The summed E-state index contributed by atoms with van der Waals surface area (Å²) < 4.78 is 5.68. The van der Waals surface area contributed by atoms with Gasteiger partial charge in [0.15, 0.2) is 0 Å². The van der Waals surface area contributed by atoms with Gasteiger partial charge in [-0.1, -0.05) is 18.9 Å². The van der Waals surface area contributed by atoms with Gasteiger partial charge in [0, 0.05) is 0 Å². The standard InChI is InChI=1S/C14H18O3/c1-10-6-7-12(14(15)16)13(8-10)17-9-11-4-2-3-5-11/h6-8,11H,2-5,9H2,1H3,(H,15,16). The van der Waals surface area contributed by atoms with Crippen LogP contribution in [0.15, 0.2) is 18.2 Å². The van der Waals surface area contributed by atoms with E-state index in [1.807, 2.05) is 6.92 Å². The highest BCUT2D eigenvalue weighted by molar-refractivity contribution is 5.90. The van der Waals surface area contributed by atoms with E-state index in [2.05, 4.69) is 0 Å². The highest BCUT2D eigenvalue weighted by atomic mass is 16.5. The van der Waals surface area contributed by atoms with Crippen LogP contribution in [0.3, 0.4) is 0 Å². The smallest absolute Gasteiger partial charge is 0.339 e. The predicted molar refractivity (Wildman–Crippen MR) is 65.6 cm³/mol.